The van der Waals surface area contributed by atoms with Crippen molar-refractivity contribution in [2.24, 2.45) is 0 Å². The summed E-state index contributed by atoms with van der Waals surface area (Å²) in [7, 11) is -4.30. The molecule has 0 atom stereocenters. The zero-order valence-electron chi connectivity index (χ0n) is 10.8. The van der Waals surface area contributed by atoms with Crippen LogP contribution >= 0.6 is 15.9 Å². The summed E-state index contributed by atoms with van der Waals surface area (Å²) in [5.41, 5.74) is 6.20. The molecule has 0 unspecified atom stereocenters. The third-order valence-electron chi connectivity index (χ3n) is 2.67. The first-order valence-corrected chi connectivity index (χ1v) is 8.02. The largest absolute Gasteiger partial charge is 0.399 e. The zero-order valence-corrected chi connectivity index (χ0v) is 13.2. The maximum Gasteiger partial charge on any atom is 0.265 e. The summed E-state index contributed by atoms with van der Waals surface area (Å²) in [5, 5.41) is 0. The summed E-state index contributed by atoms with van der Waals surface area (Å²) < 4.78 is 54.1. The maximum absolute atomic E-state index is 13.7. The summed E-state index contributed by atoms with van der Waals surface area (Å²) >= 11 is 3.18. The average Bonchev–Trinajstić information content (AvgIpc) is 2.37. The van der Waals surface area contributed by atoms with Crippen LogP contribution in [0.4, 0.5) is 20.2 Å². The van der Waals surface area contributed by atoms with Gasteiger partial charge < -0.3 is 5.73 Å². The molecule has 8 heteroatoms. The van der Waals surface area contributed by atoms with Gasteiger partial charge in [-0.05, 0) is 52.7 Å². The van der Waals surface area contributed by atoms with Crippen LogP contribution in [0.3, 0.4) is 0 Å². The van der Waals surface area contributed by atoms with E-state index in [9.17, 15) is 17.2 Å². The van der Waals surface area contributed by atoms with E-state index in [0.717, 1.165) is 17.7 Å². The molecule has 2 aromatic rings. The van der Waals surface area contributed by atoms with E-state index in [2.05, 4.69) is 20.7 Å². The van der Waals surface area contributed by atoms with Gasteiger partial charge in [-0.25, -0.2) is 17.2 Å². The number of sulfonamides is 1. The second-order valence-corrected chi connectivity index (χ2v) is 6.91. The molecule has 3 N–H and O–H groups in total. The number of hydrogen-bond donors (Lipinski definition) is 2. The predicted molar refractivity (Wildman–Crippen MR) is 80.5 cm³/mol. The van der Waals surface area contributed by atoms with E-state index in [0.29, 0.717) is 4.47 Å². The molecule has 4 nitrogen and oxygen atoms in total. The van der Waals surface area contributed by atoms with Crippen molar-refractivity contribution in [2.75, 3.05) is 10.5 Å². The molecule has 0 saturated heterocycles. The van der Waals surface area contributed by atoms with Crippen LogP contribution in [0.1, 0.15) is 5.56 Å². The van der Waals surface area contributed by atoms with Gasteiger partial charge in [-0.3, -0.25) is 4.72 Å². The Bertz CT molecular complexity index is 810. The SMILES string of the molecule is Cc1ccc(Br)c(NS(=O)(=O)c2cc(N)cc(F)c2F)c1. The number of anilines is 2. The molecule has 112 valence electrons. The molecular weight excluding hydrogens is 366 g/mol. The lowest BCUT2D eigenvalue weighted by Gasteiger charge is -2.12. The third kappa shape index (κ3) is 3.33. The minimum absolute atomic E-state index is 0.183. The highest BCUT2D eigenvalue weighted by atomic mass is 79.9. The minimum atomic E-state index is -4.30. The number of benzene rings is 2. The van der Waals surface area contributed by atoms with Crippen molar-refractivity contribution < 1.29 is 17.2 Å². The lowest BCUT2D eigenvalue weighted by Crippen LogP contribution is -2.16. The smallest absolute Gasteiger partial charge is 0.265 e. The molecule has 0 aromatic heterocycles. The number of halogens is 3. The molecule has 0 aliphatic carbocycles. The van der Waals surface area contributed by atoms with Crippen LogP contribution in [-0.2, 0) is 10.0 Å². The van der Waals surface area contributed by atoms with Crippen LogP contribution in [0, 0.1) is 18.6 Å². The number of hydrogen-bond acceptors (Lipinski definition) is 3. The van der Waals surface area contributed by atoms with Crippen molar-refractivity contribution >= 4 is 37.3 Å². The zero-order chi connectivity index (χ0) is 15.8. The van der Waals surface area contributed by atoms with E-state index < -0.39 is 26.6 Å². The molecule has 0 aliphatic rings. The number of nitrogens with one attached hydrogen (secondary N) is 1. The number of nitrogen functional groups attached to an aromatic ring is 1. The van der Waals surface area contributed by atoms with Crippen LogP contribution < -0.4 is 10.5 Å². The Kier molecular flexibility index (Phi) is 4.20. The Morgan fingerprint density at radius 3 is 2.52 bits per heavy atom. The summed E-state index contributed by atoms with van der Waals surface area (Å²) in [4.78, 5) is -0.839. The molecule has 0 aliphatic heterocycles. The molecule has 0 heterocycles. The van der Waals surface area contributed by atoms with Gasteiger partial charge in [-0.2, -0.15) is 0 Å². The molecule has 0 radical (unpaired) electrons. The standard InChI is InChI=1S/C13H11BrF2N2O2S/c1-7-2-3-9(14)11(4-7)18-21(19,20)12-6-8(17)5-10(15)13(12)16/h2-6,18H,17H2,1H3. The van der Waals surface area contributed by atoms with E-state index in [1.54, 1.807) is 25.1 Å². The second-order valence-electron chi connectivity index (χ2n) is 4.40. The fraction of sp³-hybridized carbons (Fsp3) is 0.0769. The lowest BCUT2D eigenvalue weighted by molar-refractivity contribution is 0.486. The van der Waals surface area contributed by atoms with Gasteiger partial charge in [-0.15, -0.1) is 0 Å². The highest BCUT2D eigenvalue weighted by Gasteiger charge is 2.23. The molecule has 2 rings (SSSR count). The third-order valence-corrected chi connectivity index (χ3v) is 4.73. The quantitative estimate of drug-likeness (QED) is 0.806. The molecular formula is C13H11BrF2N2O2S. The van der Waals surface area contributed by atoms with E-state index in [-0.39, 0.29) is 11.4 Å². The molecule has 21 heavy (non-hydrogen) atoms. The molecule has 0 saturated carbocycles. The van der Waals surface area contributed by atoms with Crippen LogP contribution in [0.25, 0.3) is 0 Å². The van der Waals surface area contributed by atoms with Crippen molar-refractivity contribution in [3.05, 3.63) is 52.0 Å². The van der Waals surface area contributed by atoms with Crippen molar-refractivity contribution in [3.8, 4) is 0 Å². The topological polar surface area (TPSA) is 72.2 Å². The molecule has 0 fully saturated rings. The van der Waals surface area contributed by atoms with Crippen LogP contribution in [-0.4, -0.2) is 8.42 Å². The highest BCUT2D eigenvalue weighted by Crippen LogP contribution is 2.28. The van der Waals surface area contributed by atoms with E-state index >= 15 is 0 Å². The van der Waals surface area contributed by atoms with E-state index in [4.69, 9.17) is 5.73 Å². The Balaban J connectivity index is 2.51. The van der Waals surface area contributed by atoms with E-state index in [1.807, 2.05) is 0 Å². The minimum Gasteiger partial charge on any atom is -0.399 e. The summed E-state index contributed by atoms with van der Waals surface area (Å²) in [6.07, 6.45) is 0. The highest BCUT2D eigenvalue weighted by molar-refractivity contribution is 9.10. The monoisotopic (exact) mass is 376 g/mol. The van der Waals surface area contributed by atoms with Gasteiger partial charge in [0.15, 0.2) is 11.6 Å². The number of nitrogens with two attached hydrogens (primary N) is 1. The number of rotatable bonds is 3. The molecule has 0 bridgehead atoms. The van der Waals surface area contributed by atoms with Gasteiger partial charge in [0, 0.05) is 10.2 Å². The maximum atomic E-state index is 13.7. The van der Waals surface area contributed by atoms with Crippen LogP contribution in [0.5, 0.6) is 0 Å². The summed E-state index contributed by atoms with van der Waals surface area (Å²) in [6.45, 7) is 1.77. The van der Waals surface area contributed by atoms with Gasteiger partial charge in [0.25, 0.3) is 10.0 Å². The van der Waals surface area contributed by atoms with Gasteiger partial charge in [0.1, 0.15) is 4.90 Å². The first kappa shape index (κ1) is 15.7. The first-order chi connectivity index (χ1) is 9.70. The Morgan fingerprint density at radius 2 is 1.86 bits per heavy atom. The molecule has 0 spiro atoms. The predicted octanol–water partition coefficient (Wildman–Crippen LogP) is 3.42. The Morgan fingerprint density at radius 1 is 1.19 bits per heavy atom. The Hall–Kier alpha value is -1.67. The van der Waals surface area contributed by atoms with Crippen molar-refractivity contribution in [3.63, 3.8) is 0 Å². The van der Waals surface area contributed by atoms with Crippen molar-refractivity contribution in [1.82, 2.24) is 0 Å². The average molecular weight is 377 g/mol. The van der Waals surface area contributed by atoms with E-state index in [1.165, 1.54) is 0 Å². The second kappa shape index (κ2) is 5.61. The normalized spacial score (nSPS) is 11.4. The van der Waals surface area contributed by atoms with Gasteiger partial charge in [0.2, 0.25) is 0 Å². The van der Waals surface area contributed by atoms with Gasteiger partial charge in [-0.1, -0.05) is 6.07 Å². The fourth-order valence-electron chi connectivity index (χ4n) is 1.70. The summed E-state index contributed by atoms with van der Waals surface area (Å²) in [5.74, 6) is -2.79. The fourth-order valence-corrected chi connectivity index (χ4v) is 3.37. The van der Waals surface area contributed by atoms with Gasteiger partial charge in [0.05, 0.1) is 5.69 Å². The summed E-state index contributed by atoms with van der Waals surface area (Å²) in [6, 6.07) is 6.55. The Labute approximate surface area is 129 Å². The number of aryl methyl sites for hydroxylation is 1. The molecule has 2 aromatic carbocycles. The van der Waals surface area contributed by atoms with Gasteiger partial charge >= 0.3 is 0 Å². The first-order valence-electron chi connectivity index (χ1n) is 5.74. The van der Waals surface area contributed by atoms with Crippen LogP contribution in [0.2, 0.25) is 0 Å². The molecule has 0 amide bonds. The van der Waals surface area contributed by atoms with Crippen molar-refractivity contribution in [2.45, 2.75) is 11.8 Å². The lowest BCUT2D eigenvalue weighted by atomic mass is 10.2. The van der Waals surface area contributed by atoms with Crippen molar-refractivity contribution in [1.29, 1.82) is 0 Å². The van der Waals surface area contributed by atoms with Crippen LogP contribution in [0.15, 0.2) is 39.7 Å².